The van der Waals surface area contributed by atoms with Crippen molar-refractivity contribution in [2.45, 2.75) is 20.3 Å². The Balaban J connectivity index is 3.16. The fourth-order valence-electron chi connectivity index (χ4n) is 1.18. The van der Waals surface area contributed by atoms with E-state index in [4.69, 9.17) is 0 Å². The molecule has 0 spiro atoms. The number of benzene rings is 1. The summed E-state index contributed by atoms with van der Waals surface area (Å²) in [5, 5.41) is 9.66. The predicted octanol–water partition coefficient (Wildman–Crippen LogP) is 2.74. The van der Waals surface area contributed by atoms with Crippen LogP contribution in [0.1, 0.15) is 16.7 Å². The molecule has 0 unspecified atom stereocenters. The molecule has 0 amide bonds. The lowest BCUT2D eigenvalue weighted by atomic mass is 10.0. The van der Waals surface area contributed by atoms with Gasteiger partial charge in [0.05, 0.1) is 0 Å². The summed E-state index contributed by atoms with van der Waals surface area (Å²) in [7, 11) is 0. The van der Waals surface area contributed by atoms with Crippen LogP contribution in [0.4, 0.5) is 0 Å². The molecule has 0 saturated heterocycles. The zero-order valence-corrected chi connectivity index (χ0v) is 7.59. The fraction of sp³-hybridized carbons (Fsp3) is 0.273. The first-order valence-electron chi connectivity index (χ1n) is 4.05. The van der Waals surface area contributed by atoms with Gasteiger partial charge in [0, 0.05) is 0 Å². The third kappa shape index (κ3) is 1.50. The average Bonchev–Trinajstić information content (AvgIpc) is 2.07. The molecule has 0 aromatic heterocycles. The van der Waals surface area contributed by atoms with E-state index in [1.165, 1.54) is 0 Å². The molecular formula is C11H14O. The molecule has 0 radical (unpaired) electrons. The van der Waals surface area contributed by atoms with Crippen LogP contribution < -0.4 is 0 Å². The Morgan fingerprint density at radius 2 is 2.08 bits per heavy atom. The van der Waals surface area contributed by atoms with Crippen LogP contribution in [0.15, 0.2) is 24.8 Å². The monoisotopic (exact) mass is 162 g/mol. The highest BCUT2D eigenvalue weighted by atomic mass is 16.3. The van der Waals surface area contributed by atoms with Crippen LogP contribution in [0.25, 0.3) is 0 Å². The molecule has 0 aliphatic heterocycles. The second kappa shape index (κ2) is 3.44. The van der Waals surface area contributed by atoms with E-state index in [1.54, 1.807) is 6.08 Å². The van der Waals surface area contributed by atoms with Crippen LogP contribution in [0.2, 0.25) is 0 Å². The average molecular weight is 162 g/mol. The summed E-state index contributed by atoms with van der Waals surface area (Å²) < 4.78 is 0. The third-order valence-corrected chi connectivity index (χ3v) is 2.15. The van der Waals surface area contributed by atoms with E-state index in [0.717, 1.165) is 23.1 Å². The lowest BCUT2D eigenvalue weighted by molar-refractivity contribution is 0.465. The smallest absolute Gasteiger partial charge is 0.122 e. The molecule has 1 aromatic rings. The summed E-state index contributed by atoms with van der Waals surface area (Å²) >= 11 is 0. The van der Waals surface area contributed by atoms with E-state index in [-0.39, 0.29) is 0 Å². The molecule has 12 heavy (non-hydrogen) atoms. The summed E-state index contributed by atoms with van der Waals surface area (Å²) in [6, 6.07) is 3.97. The minimum atomic E-state index is 0.412. The van der Waals surface area contributed by atoms with Crippen molar-refractivity contribution < 1.29 is 5.11 Å². The highest BCUT2D eigenvalue weighted by Gasteiger charge is 2.03. The van der Waals surface area contributed by atoms with Gasteiger partial charge < -0.3 is 5.11 Å². The lowest BCUT2D eigenvalue weighted by Crippen LogP contribution is -1.88. The van der Waals surface area contributed by atoms with E-state index < -0.39 is 0 Å². The molecule has 1 nitrogen and oxygen atoms in total. The van der Waals surface area contributed by atoms with E-state index >= 15 is 0 Å². The third-order valence-electron chi connectivity index (χ3n) is 2.15. The Morgan fingerprint density at radius 3 is 2.67 bits per heavy atom. The Kier molecular flexibility index (Phi) is 2.54. The van der Waals surface area contributed by atoms with E-state index in [1.807, 2.05) is 26.0 Å². The van der Waals surface area contributed by atoms with E-state index in [0.29, 0.717) is 5.75 Å². The first kappa shape index (κ1) is 8.85. The summed E-state index contributed by atoms with van der Waals surface area (Å²) in [6.45, 7) is 7.56. The predicted molar refractivity (Wildman–Crippen MR) is 51.5 cm³/mol. The minimum Gasteiger partial charge on any atom is -0.507 e. The highest BCUT2D eigenvalue weighted by molar-refractivity contribution is 5.44. The second-order valence-corrected chi connectivity index (χ2v) is 3.01. The molecule has 1 heteroatoms. The van der Waals surface area contributed by atoms with Crippen molar-refractivity contribution >= 4 is 0 Å². The Bertz CT molecular complexity index is 300. The molecule has 1 N–H and O–H groups in total. The van der Waals surface area contributed by atoms with Gasteiger partial charge in [0.1, 0.15) is 5.75 Å². The molecule has 0 aliphatic rings. The largest absolute Gasteiger partial charge is 0.507 e. The zero-order valence-electron chi connectivity index (χ0n) is 7.59. The summed E-state index contributed by atoms with van der Waals surface area (Å²) in [4.78, 5) is 0. The maximum absolute atomic E-state index is 9.66. The quantitative estimate of drug-likeness (QED) is 0.663. The Labute approximate surface area is 73.4 Å². The van der Waals surface area contributed by atoms with Gasteiger partial charge in [-0.1, -0.05) is 18.2 Å². The molecule has 0 aliphatic carbocycles. The fourth-order valence-corrected chi connectivity index (χ4v) is 1.18. The maximum Gasteiger partial charge on any atom is 0.122 e. The second-order valence-electron chi connectivity index (χ2n) is 3.01. The first-order valence-corrected chi connectivity index (χ1v) is 4.05. The van der Waals surface area contributed by atoms with Gasteiger partial charge in [-0.25, -0.2) is 0 Å². The van der Waals surface area contributed by atoms with Gasteiger partial charge in [0.25, 0.3) is 0 Å². The van der Waals surface area contributed by atoms with Crippen LogP contribution in [-0.4, -0.2) is 5.11 Å². The number of aryl methyl sites for hydroxylation is 1. The summed E-state index contributed by atoms with van der Waals surface area (Å²) in [5.74, 6) is 0.412. The summed E-state index contributed by atoms with van der Waals surface area (Å²) in [6.07, 6.45) is 2.52. The van der Waals surface area contributed by atoms with Gasteiger partial charge in [-0.2, -0.15) is 0 Å². The molecule has 1 rings (SSSR count). The first-order chi connectivity index (χ1) is 5.66. The normalized spacial score (nSPS) is 9.83. The molecule has 0 bridgehead atoms. The number of hydrogen-bond donors (Lipinski definition) is 1. The lowest BCUT2D eigenvalue weighted by Gasteiger charge is -2.07. The molecule has 1 aromatic carbocycles. The minimum absolute atomic E-state index is 0.412. The van der Waals surface area contributed by atoms with Crippen molar-refractivity contribution in [2.75, 3.05) is 0 Å². The van der Waals surface area contributed by atoms with Crippen molar-refractivity contribution in [1.29, 1.82) is 0 Å². The van der Waals surface area contributed by atoms with Gasteiger partial charge in [0.15, 0.2) is 0 Å². The number of allylic oxidation sites excluding steroid dienone is 1. The number of hydrogen-bond acceptors (Lipinski definition) is 1. The van der Waals surface area contributed by atoms with Crippen LogP contribution in [0, 0.1) is 13.8 Å². The number of phenolic OH excluding ortho intramolecular Hbond substituents is 1. The van der Waals surface area contributed by atoms with Crippen LogP contribution >= 0.6 is 0 Å². The van der Waals surface area contributed by atoms with Crippen molar-refractivity contribution in [2.24, 2.45) is 0 Å². The van der Waals surface area contributed by atoms with E-state index in [9.17, 15) is 5.11 Å². The van der Waals surface area contributed by atoms with Gasteiger partial charge >= 0.3 is 0 Å². The van der Waals surface area contributed by atoms with Gasteiger partial charge in [0.2, 0.25) is 0 Å². The number of rotatable bonds is 2. The SMILES string of the molecule is C=CCc1ccc(C)c(C)c1O. The van der Waals surface area contributed by atoms with E-state index in [2.05, 4.69) is 6.58 Å². The molecular weight excluding hydrogens is 148 g/mol. The van der Waals surface area contributed by atoms with Crippen molar-refractivity contribution in [3.05, 3.63) is 41.5 Å². The topological polar surface area (TPSA) is 20.2 Å². The zero-order chi connectivity index (χ0) is 9.14. The Hall–Kier alpha value is -1.24. The van der Waals surface area contributed by atoms with Gasteiger partial charge in [-0.15, -0.1) is 6.58 Å². The standard InChI is InChI=1S/C11H14O/c1-4-5-10-7-6-8(2)9(3)11(10)12/h4,6-7,12H,1,5H2,2-3H3. The molecule has 0 saturated carbocycles. The van der Waals surface area contributed by atoms with Crippen molar-refractivity contribution in [3.63, 3.8) is 0 Å². The van der Waals surface area contributed by atoms with Crippen LogP contribution in [-0.2, 0) is 6.42 Å². The van der Waals surface area contributed by atoms with Gasteiger partial charge in [-0.3, -0.25) is 0 Å². The number of phenols is 1. The highest BCUT2D eigenvalue weighted by Crippen LogP contribution is 2.25. The van der Waals surface area contributed by atoms with Crippen LogP contribution in [0.3, 0.4) is 0 Å². The maximum atomic E-state index is 9.66. The Morgan fingerprint density at radius 1 is 1.42 bits per heavy atom. The van der Waals surface area contributed by atoms with Crippen molar-refractivity contribution in [3.8, 4) is 5.75 Å². The summed E-state index contributed by atoms with van der Waals surface area (Å²) in [5.41, 5.74) is 3.04. The number of aromatic hydroxyl groups is 1. The van der Waals surface area contributed by atoms with Gasteiger partial charge in [-0.05, 0) is 37.0 Å². The molecule has 64 valence electrons. The molecule has 0 fully saturated rings. The van der Waals surface area contributed by atoms with Crippen LogP contribution in [0.5, 0.6) is 5.75 Å². The van der Waals surface area contributed by atoms with Crippen molar-refractivity contribution in [1.82, 2.24) is 0 Å². The molecule has 0 atom stereocenters. The molecule has 0 heterocycles.